The predicted molar refractivity (Wildman–Crippen MR) is 108 cm³/mol. The molecule has 0 bridgehead atoms. The van der Waals surface area contributed by atoms with E-state index in [1.54, 1.807) is 31.6 Å². The molecule has 0 aliphatic rings. The van der Waals surface area contributed by atoms with Gasteiger partial charge in [0.15, 0.2) is 5.56 Å². The number of nitrogens with one attached hydrogen (secondary N) is 2. The Kier molecular flexibility index (Phi) is 6.96. The Balaban J connectivity index is 1.55. The third-order valence-corrected chi connectivity index (χ3v) is 4.90. The van der Waals surface area contributed by atoms with Crippen molar-refractivity contribution in [3.05, 3.63) is 59.4 Å². The van der Waals surface area contributed by atoms with Gasteiger partial charge in [-0.1, -0.05) is 12.1 Å². The summed E-state index contributed by atoms with van der Waals surface area (Å²) in [6, 6.07) is 4.07. The quantitative estimate of drug-likeness (QED) is 0.446. The summed E-state index contributed by atoms with van der Waals surface area (Å²) in [4.78, 5) is 27.6. The normalized spacial score (nSPS) is 10.6. The van der Waals surface area contributed by atoms with E-state index in [9.17, 15) is 19.1 Å². The molecule has 2 amide bonds. The maximum atomic E-state index is 13.6. The Bertz CT molecular complexity index is 1020. The van der Waals surface area contributed by atoms with Crippen molar-refractivity contribution in [2.24, 2.45) is 0 Å². The van der Waals surface area contributed by atoms with Crippen molar-refractivity contribution in [3.63, 3.8) is 0 Å². The topological polar surface area (TPSA) is 118 Å². The summed E-state index contributed by atoms with van der Waals surface area (Å²) in [5.41, 5.74) is 0.787. The number of nitrogens with zero attached hydrogens (tertiary/aromatic N) is 3. The van der Waals surface area contributed by atoms with Crippen molar-refractivity contribution in [3.8, 4) is 5.88 Å². The minimum Gasteiger partial charge on any atom is -0.477 e. The van der Waals surface area contributed by atoms with Gasteiger partial charge in [0.25, 0.3) is 0 Å². The summed E-state index contributed by atoms with van der Waals surface area (Å²) in [5.74, 6) is -1.80. The number of aromatic carboxylic acids is 1. The van der Waals surface area contributed by atoms with E-state index in [0.29, 0.717) is 30.6 Å². The van der Waals surface area contributed by atoms with E-state index in [0.717, 1.165) is 11.5 Å². The molecule has 0 fully saturated rings. The van der Waals surface area contributed by atoms with Gasteiger partial charge in [-0.3, -0.25) is 5.32 Å². The van der Waals surface area contributed by atoms with Crippen LogP contribution < -0.4 is 15.4 Å². The summed E-state index contributed by atoms with van der Waals surface area (Å²) in [7, 11) is 0. The first-order valence-corrected chi connectivity index (χ1v) is 9.82. The van der Waals surface area contributed by atoms with Crippen molar-refractivity contribution in [1.29, 1.82) is 0 Å². The first-order chi connectivity index (χ1) is 14.4. The highest BCUT2D eigenvalue weighted by Gasteiger charge is 2.23. The Morgan fingerprint density at radius 1 is 1.37 bits per heavy atom. The van der Waals surface area contributed by atoms with Crippen LogP contribution in [0.5, 0.6) is 5.88 Å². The summed E-state index contributed by atoms with van der Waals surface area (Å²) >= 11 is 0.797. The summed E-state index contributed by atoms with van der Waals surface area (Å²) in [6.45, 7) is 2.68. The molecule has 1 aromatic carbocycles. The van der Waals surface area contributed by atoms with E-state index < -0.39 is 12.0 Å². The third kappa shape index (κ3) is 5.54. The van der Waals surface area contributed by atoms with Crippen LogP contribution in [0.4, 0.5) is 14.2 Å². The molecule has 0 saturated heterocycles. The zero-order chi connectivity index (χ0) is 21.5. The second-order valence-electron chi connectivity index (χ2n) is 6.40. The molecule has 3 aromatic rings. The minimum absolute atomic E-state index is 0.0545. The third-order valence-electron chi connectivity index (χ3n) is 4.15. The minimum atomic E-state index is -1.29. The van der Waals surface area contributed by atoms with E-state index in [4.69, 9.17) is 4.74 Å². The van der Waals surface area contributed by atoms with Crippen LogP contribution in [0, 0.1) is 12.7 Å². The van der Waals surface area contributed by atoms with Crippen LogP contribution in [0.15, 0.2) is 36.9 Å². The number of benzene rings is 1. The number of imidazole rings is 1. The van der Waals surface area contributed by atoms with Crippen LogP contribution in [0.1, 0.15) is 27.9 Å². The lowest BCUT2D eigenvalue weighted by Crippen LogP contribution is -2.30. The number of carbonyl (C=O) groups is 2. The molecule has 0 aliphatic carbocycles. The first-order valence-electron chi connectivity index (χ1n) is 9.05. The van der Waals surface area contributed by atoms with Crippen molar-refractivity contribution < 1.29 is 23.8 Å². The zero-order valence-electron chi connectivity index (χ0n) is 16.1. The largest absolute Gasteiger partial charge is 0.477 e. The van der Waals surface area contributed by atoms with Gasteiger partial charge in [-0.25, -0.2) is 19.0 Å². The number of urea groups is 1. The highest BCUT2D eigenvalue weighted by molar-refractivity contribution is 7.11. The number of hydrogen-bond acceptors (Lipinski definition) is 6. The van der Waals surface area contributed by atoms with Gasteiger partial charge in [0, 0.05) is 25.5 Å². The Morgan fingerprint density at radius 3 is 2.90 bits per heavy atom. The van der Waals surface area contributed by atoms with Crippen molar-refractivity contribution in [2.75, 3.05) is 11.9 Å². The predicted octanol–water partition coefficient (Wildman–Crippen LogP) is 3.28. The summed E-state index contributed by atoms with van der Waals surface area (Å²) < 4.78 is 24.9. The van der Waals surface area contributed by atoms with Gasteiger partial charge in [-0.05, 0) is 42.1 Å². The van der Waals surface area contributed by atoms with Crippen LogP contribution in [0.3, 0.4) is 0 Å². The van der Waals surface area contributed by atoms with E-state index in [1.807, 2.05) is 10.8 Å². The highest BCUT2D eigenvalue weighted by Crippen LogP contribution is 2.31. The summed E-state index contributed by atoms with van der Waals surface area (Å²) in [5, 5.41) is 14.7. The number of carbonyl (C=O) groups excluding carboxylic acids is 1. The molecule has 9 nitrogen and oxygen atoms in total. The Morgan fingerprint density at radius 2 is 2.20 bits per heavy atom. The SMILES string of the molecule is Cc1ccc(COc2nsc(NC(=O)NCCCn3ccnc3)c2C(=O)O)cc1F. The fraction of sp³-hybridized carbons (Fsp3) is 0.263. The molecule has 0 atom stereocenters. The number of aromatic nitrogens is 3. The maximum absolute atomic E-state index is 13.6. The van der Waals surface area contributed by atoms with Crippen LogP contribution in [-0.4, -0.2) is 37.6 Å². The molecule has 0 spiro atoms. The van der Waals surface area contributed by atoms with Gasteiger partial charge < -0.3 is 19.7 Å². The maximum Gasteiger partial charge on any atom is 0.344 e. The number of halogens is 1. The monoisotopic (exact) mass is 433 g/mol. The van der Waals surface area contributed by atoms with E-state index in [2.05, 4.69) is 20.0 Å². The van der Waals surface area contributed by atoms with E-state index >= 15 is 0 Å². The zero-order valence-corrected chi connectivity index (χ0v) is 16.9. The molecule has 11 heteroatoms. The molecule has 3 rings (SSSR count). The number of rotatable bonds is 9. The molecule has 0 unspecified atom stereocenters. The molecule has 158 valence electrons. The van der Waals surface area contributed by atoms with Crippen molar-refractivity contribution in [1.82, 2.24) is 19.2 Å². The average Bonchev–Trinajstić information content (AvgIpc) is 3.36. The fourth-order valence-electron chi connectivity index (χ4n) is 2.56. The van der Waals surface area contributed by atoms with Crippen LogP contribution in [-0.2, 0) is 13.2 Å². The molecular weight excluding hydrogens is 413 g/mol. The standard InChI is InChI=1S/C19H20FN5O4S/c1-12-3-4-13(9-14(12)20)10-29-16-15(18(26)27)17(30-24-16)23-19(28)22-5-2-7-25-8-6-21-11-25/h3-4,6,8-9,11H,2,5,7,10H2,1H3,(H,26,27)(H2,22,23,28). The van der Waals surface area contributed by atoms with Crippen LogP contribution in [0.2, 0.25) is 0 Å². The first kappa shape index (κ1) is 21.2. The number of aryl methyl sites for hydroxylation is 2. The van der Waals surface area contributed by atoms with Gasteiger partial charge in [0.1, 0.15) is 17.4 Å². The number of anilines is 1. The van der Waals surface area contributed by atoms with Crippen LogP contribution in [0.25, 0.3) is 0 Å². The summed E-state index contributed by atoms with van der Waals surface area (Å²) in [6.07, 6.45) is 5.86. The number of ether oxygens (including phenoxy) is 1. The second-order valence-corrected chi connectivity index (χ2v) is 7.18. The van der Waals surface area contributed by atoms with Gasteiger partial charge in [-0.15, -0.1) is 0 Å². The Labute approximate surface area is 175 Å². The second kappa shape index (κ2) is 9.83. The highest BCUT2D eigenvalue weighted by atomic mass is 32.1. The molecule has 30 heavy (non-hydrogen) atoms. The molecule has 0 saturated carbocycles. The molecule has 2 aromatic heterocycles. The lowest BCUT2D eigenvalue weighted by Gasteiger charge is -2.08. The van der Waals surface area contributed by atoms with E-state index in [-0.39, 0.29) is 28.9 Å². The van der Waals surface area contributed by atoms with Crippen molar-refractivity contribution in [2.45, 2.75) is 26.5 Å². The molecule has 0 aliphatic heterocycles. The van der Waals surface area contributed by atoms with Gasteiger partial charge in [0.2, 0.25) is 5.88 Å². The smallest absolute Gasteiger partial charge is 0.344 e. The van der Waals surface area contributed by atoms with Gasteiger partial charge >= 0.3 is 12.0 Å². The lowest BCUT2D eigenvalue weighted by atomic mass is 10.1. The van der Waals surface area contributed by atoms with Crippen LogP contribution >= 0.6 is 11.5 Å². The molecule has 2 heterocycles. The Hall–Kier alpha value is -3.47. The number of carboxylic acids is 1. The lowest BCUT2D eigenvalue weighted by molar-refractivity contribution is 0.0693. The molecule has 0 radical (unpaired) electrons. The average molecular weight is 433 g/mol. The number of amides is 2. The molecule has 3 N–H and O–H groups in total. The number of carboxylic acid groups (broad SMARTS) is 1. The fourth-order valence-corrected chi connectivity index (χ4v) is 3.28. The van der Waals surface area contributed by atoms with E-state index in [1.165, 1.54) is 6.07 Å². The van der Waals surface area contributed by atoms with Gasteiger partial charge in [0.05, 0.1) is 6.33 Å². The van der Waals surface area contributed by atoms with Gasteiger partial charge in [-0.2, -0.15) is 4.37 Å². The van der Waals surface area contributed by atoms with Crippen molar-refractivity contribution >= 4 is 28.5 Å². The number of hydrogen-bond donors (Lipinski definition) is 3. The molecular formula is C19H20FN5O4S.